The number of ether oxygens (including phenoxy) is 1. The lowest BCUT2D eigenvalue weighted by Gasteiger charge is -2.12. The molecule has 2 aromatic carbocycles. The van der Waals surface area contributed by atoms with E-state index in [-0.39, 0.29) is 12.4 Å². The first-order valence-electron chi connectivity index (χ1n) is 6.92. The highest BCUT2D eigenvalue weighted by Gasteiger charge is 2.10. The Morgan fingerprint density at radius 2 is 2.00 bits per heavy atom. The van der Waals surface area contributed by atoms with Crippen molar-refractivity contribution in [2.45, 2.75) is 6.92 Å². The summed E-state index contributed by atoms with van der Waals surface area (Å²) in [7, 11) is 1.62. The summed E-state index contributed by atoms with van der Waals surface area (Å²) in [5.74, 6) is 0.733. The number of nitriles is 1. The molecule has 3 aromatic rings. The molecule has 23 heavy (non-hydrogen) atoms. The highest BCUT2D eigenvalue weighted by atomic mass is 35.5. The minimum absolute atomic E-state index is 0. The molecule has 0 aliphatic rings. The molecule has 0 fully saturated rings. The van der Waals surface area contributed by atoms with E-state index in [1.165, 1.54) is 0 Å². The number of rotatable bonds is 3. The average molecular weight is 326 g/mol. The van der Waals surface area contributed by atoms with Crippen LogP contribution in [0.1, 0.15) is 11.1 Å². The number of fused-ring (bicyclic) bond motifs is 1. The number of methoxy groups -OCH3 is 1. The lowest BCUT2D eigenvalue weighted by molar-refractivity contribution is 0.415. The predicted molar refractivity (Wildman–Crippen MR) is 94.7 cm³/mol. The number of aryl methyl sites for hydroxylation is 1. The summed E-state index contributed by atoms with van der Waals surface area (Å²) in [6.07, 6.45) is 1.59. The van der Waals surface area contributed by atoms with Crippen LogP contribution in [0.25, 0.3) is 10.9 Å². The first kappa shape index (κ1) is 16.6. The number of nitrogens with one attached hydrogen (secondary N) is 1. The molecule has 0 amide bonds. The number of halogens is 1. The minimum atomic E-state index is 0. The zero-order chi connectivity index (χ0) is 15.5. The summed E-state index contributed by atoms with van der Waals surface area (Å²) in [5, 5.41) is 13.6. The van der Waals surface area contributed by atoms with Gasteiger partial charge in [0, 0.05) is 17.3 Å². The normalized spacial score (nSPS) is 9.78. The van der Waals surface area contributed by atoms with Gasteiger partial charge in [0.15, 0.2) is 0 Å². The van der Waals surface area contributed by atoms with Crippen LogP contribution in [0.15, 0.2) is 48.7 Å². The first-order chi connectivity index (χ1) is 10.7. The second-order valence-corrected chi connectivity index (χ2v) is 5.04. The molecular formula is C18H16ClN3O. The van der Waals surface area contributed by atoms with E-state index in [1.54, 1.807) is 13.3 Å². The van der Waals surface area contributed by atoms with Gasteiger partial charge in [0.25, 0.3) is 0 Å². The van der Waals surface area contributed by atoms with E-state index >= 15 is 0 Å². The molecule has 0 aliphatic carbocycles. The van der Waals surface area contributed by atoms with Crippen molar-refractivity contribution in [3.63, 3.8) is 0 Å². The largest absolute Gasteiger partial charge is 0.497 e. The molecule has 4 nitrogen and oxygen atoms in total. The Balaban J connectivity index is 0.00000192. The van der Waals surface area contributed by atoms with Gasteiger partial charge in [0.1, 0.15) is 11.8 Å². The van der Waals surface area contributed by atoms with Crippen LogP contribution in [0.5, 0.6) is 5.75 Å². The van der Waals surface area contributed by atoms with Crippen molar-refractivity contribution >= 4 is 34.7 Å². The lowest BCUT2D eigenvalue weighted by atomic mass is 10.1. The van der Waals surface area contributed by atoms with Gasteiger partial charge in [-0.05, 0) is 42.8 Å². The van der Waals surface area contributed by atoms with Gasteiger partial charge in [-0.15, -0.1) is 12.4 Å². The van der Waals surface area contributed by atoms with E-state index in [4.69, 9.17) is 4.74 Å². The molecule has 1 N–H and O–H groups in total. The van der Waals surface area contributed by atoms with Crippen molar-refractivity contribution in [3.8, 4) is 11.8 Å². The third-order valence-corrected chi connectivity index (χ3v) is 3.48. The van der Waals surface area contributed by atoms with Crippen LogP contribution in [-0.4, -0.2) is 12.1 Å². The zero-order valence-corrected chi connectivity index (χ0v) is 13.6. The predicted octanol–water partition coefficient (Wildman–Crippen LogP) is 4.59. The van der Waals surface area contributed by atoms with Gasteiger partial charge < -0.3 is 10.1 Å². The summed E-state index contributed by atoms with van der Waals surface area (Å²) in [6.45, 7) is 2.03. The van der Waals surface area contributed by atoms with Crippen LogP contribution in [0.4, 0.5) is 11.4 Å². The molecule has 0 bridgehead atoms. The summed E-state index contributed by atoms with van der Waals surface area (Å²) >= 11 is 0. The van der Waals surface area contributed by atoms with Gasteiger partial charge in [-0.1, -0.05) is 12.1 Å². The van der Waals surface area contributed by atoms with Crippen molar-refractivity contribution in [2.24, 2.45) is 0 Å². The quantitative estimate of drug-likeness (QED) is 0.765. The van der Waals surface area contributed by atoms with Crippen molar-refractivity contribution in [3.05, 3.63) is 59.8 Å². The summed E-state index contributed by atoms with van der Waals surface area (Å²) in [5.41, 5.74) is 4.15. The van der Waals surface area contributed by atoms with Gasteiger partial charge in [-0.3, -0.25) is 4.98 Å². The Hall–Kier alpha value is -2.77. The van der Waals surface area contributed by atoms with Crippen LogP contribution in [-0.2, 0) is 0 Å². The number of hydrogen-bond acceptors (Lipinski definition) is 4. The highest BCUT2D eigenvalue weighted by Crippen LogP contribution is 2.31. The van der Waals surface area contributed by atoms with Gasteiger partial charge in [0.2, 0.25) is 0 Å². The molecule has 0 aliphatic heterocycles. The van der Waals surface area contributed by atoms with Gasteiger partial charge >= 0.3 is 0 Å². The van der Waals surface area contributed by atoms with Gasteiger partial charge in [-0.25, -0.2) is 0 Å². The highest BCUT2D eigenvalue weighted by molar-refractivity contribution is 5.96. The second kappa shape index (κ2) is 6.99. The fourth-order valence-corrected chi connectivity index (χ4v) is 2.39. The molecule has 0 spiro atoms. The fourth-order valence-electron chi connectivity index (χ4n) is 2.39. The molecule has 0 saturated carbocycles. The molecule has 1 heterocycles. The number of aromatic nitrogens is 1. The topological polar surface area (TPSA) is 57.9 Å². The molecule has 0 unspecified atom stereocenters. The fraction of sp³-hybridized carbons (Fsp3) is 0.111. The Morgan fingerprint density at radius 1 is 1.17 bits per heavy atom. The van der Waals surface area contributed by atoms with E-state index < -0.39 is 0 Å². The van der Waals surface area contributed by atoms with Crippen molar-refractivity contribution in [2.75, 3.05) is 12.4 Å². The standard InChI is InChI=1S/C18H15N3O.ClH/c1-12-4-3-5-14(8-12)21-18-13(10-19)11-20-17-7-6-15(22-2)9-16(17)18;/h3-9,11H,1-2H3,(H,20,21);1H. The molecule has 0 radical (unpaired) electrons. The number of pyridine rings is 1. The monoisotopic (exact) mass is 325 g/mol. The van der Waals surface area contributed by atoms with Crippen LogP contribution < -0.4 is 10.1 Å². The Labute approximate surface area is 141 Å². The third kappa shape index (κ3) is 3.36. The minimum Gasteiger partial charge on any atom is -0.497 e. The lowest BCUT2D eigenvalue weighted by Crippen LogP contribution is -1.97. The first-order valence-corrected chi connectivity index (χ1v) is 6.92. The maximum Gasteiger partial charge on any atom is 0.119 e. The molecule has 116 valence electrons. The molecule has 5 heteroatoms. The summed E-state index contributed by atoms with van der Waals surface area (Å²) in [6, 6.07) is 15.8. The Bertz CT molecular complexity index is 887. The zero-order valence-electron chi connectivity index (χ0n) is 12.8. The van der Waals surface area contributed by atoms with Crippen LogP contribution in [0.3, 0.4) is 0 Å². The third-order valence-electron chi connectivity index (χ3n) is 3.48. The van der Waals surface area contributed by atoms with E-state index in [0.29, 0.717) is 5.56 Å². The maximum atomic E-state index is 9.38. The molecular weight excluding hydrogens is 310 g/mol. The van der Waals surface area contributed by atoms with Crippen LogP contribution >= 0.6 is 12.4 Å². The SMILES string of the molecule is COc1ccc2ncc(C#N)c(Nc3cccc(C)c3)c2c1.Cl. The maximum absolute atomic E-state index is 9.38. The molecule has 0 atom stereocenters. The number of hydrogen-bond donors (Lipinski definition) is 1. The van der Waals surface area contributed by atoms with E-state index in [1.807, 2.05) is 49.4 Å². The van der Waals surface area contributed by atoms with E-state index in [9.17, 15) is 5.26 Å². The number of nitrogens with zero attached hydrogens (tertiary/aromatic N) is 2. The number of benzene rings is 2. The van der Waals surface area contributed by atoms with E-state index in [2.05, 4.69) is 16.4 Å². The molecule has 3 rings (SSSR count). The van der Waals surface area contributed by atoms with Crippen molar-refractivity contribution in [1.82, 2.24) is 4.98 Å². The molecule has 1 aromatic heterocycles. The van der Waals surface area contributed by atoms with Crippen LogP contribution in [0, 0.1) is 18.3 Å². The van der Waals surface area contributed by atoms with Crippen molar-refractivity contribution in [1.29, 1.82) is 5.26 Å². The Kier molecular flexibility index (Phi) is 5.05. The van der Waals surface area contributed by atoms with Gasteiger partial charge in [0.05, 0.1) is 23.9 Å². The van der Waals surface area contributed by atoms with Gasteiger partial charge in [-0.2, -0.15) is 5.26 Å². The smallest absolute Gasteiger partial charge is 0.119 e. The Morgan fingerprint density at radius 3 is 2.70 bits per heavy atom. The van der Waals surface area contributed by atoms with E-state index in [0.717, 1.165) is 33.6 Å². The van der Waals surface area contributed by atoms with Crippen molar-refractivity contribution < 1.29 is 4.74 Å². The number of anilines is 2. The van der Waals surface area contributed by atoms with Crippen LogP contribution in [0.2, 0.25) is 0 Å². The average Bonchev–Trinajstić information content (AvgIpc) is 2.55. The molecule has 0 saturated heterocycles. The summed E-state index contributed by atoms with van der Waals surface area (Å²) < 4.78 is 5.28. The summed E-state index contributed by atoms with van der Waals surface area (Å²) in [4.78, 5) is 4.33. The second-order valence-electron chi connectivity index (χ2n) is 5.04.